The summed E-state index contributed by atoms with van der Waals surface area (Å²) in [7, 11) is 1.61. The van der Waals surface area contributed by atoms with Gasteiger partial charge in [0, 0.05) is 18.3 Å². The average Bonchev–Trinajstić information content (AvgIpc) is 2.68. The van der Waals surface area contributed by atoms with E-state index in [-0.39, 0.29) is 17.8 Å². The number of anilines is 3. The van der Waals surface area contributed by atoms with Gasteiger partial charge in [0.15, 0.2) is 0 Å². The van der Waals surface area contributed by atoms with Crippen LogP contribution in [0.2, 0.25) is 0 Å². The molecule has 1 aliphatic heterocycles. The molecule has 0 spiro atoms. The molecule has 1 aromatic carbocycles. The molecule has 9 nitrogen and oxygen atoms in total. The van der Waals surface area contributed by atoms with Crippen LogP contribution in [0.15, 0.2) is 24.3 Å². The van der Waals surface area contributed by atoms with Crippen LogP contribution in [0.1, 0.15) is 25.6 Å². The zero-order valence-corrected chi connectivity index (χ0v) is 16.2. The maximum atomic E-state index is 12.0. The molecule has 1 aromatic heterocycles. The molecule has 0 radical (unpaired) electrons. The number of aromatic nitrogens is 3. The van der Waals surface area contributed by atoms with Gasteiger partial charge in [-0.15, -0.1) is 0 Å². The van der Waals surface area contributed by atoms with Gasteiger partial charge in [-0.3, -0.25) is 9.69 Å². The van der Waals surface area contributed by atoms with Crippen molar-refractivity contribution < 1.29 is 14.3 Å². The van der Waals surface area contributed by atoms with Crippen LogP contribution in [0.3, 0.4) is 0 Å². The Morgan fingerprint density at radius 1 is 1.36 bits per heavy atom. The van der Waals surface area contributed by atoms with Crippen LogP contribution < -0.4 is 15.8 Å². The summed E-state index contributed by atoms with van der Waals surface area (Å²) in [6.07, 6.45) is 1.77. The van der Waals surface area contributed by atoms with E-state index in [9.17, 15) is 4.79 Å². The van der Waals surface area contributed by atoms with E-state index in [0.717, 1.165) is 30.8 Å². The molecule has 3 N–H and O–H groups in total. The molecule has 2 aromatic rings. The predicted octanol–water partition coefficient (Wildman–Crippen LogP) is 1.98. The molecular weight excluding hydrogens is 360 g/mol. The fourth-order valence-electron chi connectivity index (χ4n) is 3.25. The van der Waals surface area contributed by atoms with Crippen LogP contribution in [0, 0.1) is 5.92 Å². The Morgan fingerprint density at radius 3 is 3.00 bits per heavy atom. The number of hydrogen-bond acceptors (Lipinski definition) is 9. The molecule has 1 fully saturated rings. The van der Waals surface area contributed by atoms with Gasteiger partial charge in [0.25, 0.3) is 0 Å². The molecule has 0 bridgehead atoms. The number of hydrogen-bond donors (Lipinski definition) is 2. The molecule has 0 saturated carbocycles. The standard InChI is InChI=1S/C19H26N6O3/c1-3-28-17(26)13-6-5-9-25(11-13)12-16-22-18(20)24-19(23-16)21-14-7-4-8-15(10-14)27-2/h4,7-8,10,13H,3,5-6,9,11-12H2,1-2H3,(H3,20,21,22,23,24)/t13-/m1/s1. The van der Waals surface area contributed by atoms with E-state index in [2.05, 4.69) is 25.2 Å². The van der Waals surface area contributed by atoms with E-state index in [1.165, 1.54) is 0 Å². The number of nitrogen functional groups attached to an aromatic ring is 1. The molecule has 9 heteroatoms. The van der Waals surface area contributed by atoms with Gasteiger partial charge in [0.1, 0.15) is 11.6 Å². The molecule has 2 heterocycles. The summed E-state index contributed by atoms with van der Waals surface area (Å²) in [5.74, 6) is 1.56. The summed E-state index contributed by atoms with van der Waals surface area (Å²) in [4.78, 5) is 27.0. The number of methoxy groups -OCH3 is 1. The Kier molecular flexibility index (Phi) is 6.59. The Hall–Kier alpha value is -2.94. The number of ether oxygens (including phenoxy) is 2. The minimum Gasteiger partial charge on any atom is -0.497 e. The van der Waals surface area contributed by atoms with E-state index >= 15 is 0 Å². The van der Waals surface area contributed by atoms with Crippen LogP contribution in [0.4, 0.5) is 17.6 Å². The summed E-state index contributed by atoms with van der Waals surface area (Å²) in [5, 5.41) is 3.13. The number of piperidine rings is 1. The van der Waals surface area contributed by atoms with Gasteiger partial charge < -0.3 is 20.5 Å². The molecular formula is C19H26N6O3. The number of rotatable bonds is 7. The van der Waals surface area contributed by atoms with Crippen molar-refractivity contribution in [2.24, 2.45) is 5.92 Å². The van der Waals surface area contributed by atoms with Crippen LogP contribution in [0.25, 0.3) is 0 Å². The monoisotopic (exact) mass is 386 g/mol. The fourth-order valence-corrected chi connectivity index (χ4v) is 3.25. The largest absolute Gasteiger partial charge is 0.497 e. The van der Waals surface area contributed by atoms with Gasteiger partial charge in [-0.1, -0.05) is 6.07 Å². The Labute approximate surface area is 164 Å². The van der Waals surface area contributed by atoms with Crippen molar-refractivity contribution in [3.05, 3.63) is 30.1 Å². The van der Waals surface area contributed by atoms with E-state index in [1.807, 2.05) is 31.2 Å². The van der Waals surface area contributed by atoms with E-state index in [1.54, 1.807) is 7.11 Å². The van der Waals surface area contributed by atoms with Gasteiger partial charge in [-0.05, 0) is 38.4 Å². The lowest BCUT2D eigenvalue weighted by molar-refractivity contribution is -0.150. The van der Waals surface area contributed by atoms with Gasteiger partial charge in [0.2, 0.25) is 11.9 Å². The van der Waals surface area contributed by atoms with Crippen LogP contribution >= 0.6 is 0 Å². The maximum Gasteiger partial charge on any atom is 0.310 e. The first-order valence-corrected chi connectivity index (χ1v) is 9.38. The second kappa shape index (κ2) is 9.32. The quantitative estimate of drug-likeness (QED) is 0.689. The zero-order valence-electron chi connectivity index (χ0n) is 16.2. The third-order valence-electron chi connectivity index (χ3n) is 4.52. The summed E-state index contributed by atoms with van der Waals surface area (Å²) < 4.78 is 10.4. The molecule has 1 aliphatic rings. The lowest BCUT2D eigenvalue weighted by atomic mass is 9.98. The van der Waals surface area contributed by atoms with Crippen molar-refractivity contribution in [3.8, 4) is 5.75 Å². The molecule has 3 rings (SSSR count). The minimum absolute atomic E-state index is 0.109. The Morgan fingerprint density at radius 2 is 2.21 bits per heavy atom. The number of nitrogens with two attached hydrogens (primary N) is 1. The van der Waals surface area contributed by atoms with Crippen molar-refractivity contribution in [2.75, 3.05) is 37.9 Å². The van der Waals surface area contributed by atoms with Gasteiger partial charge in [-0.2, -0.15) is 15.0 Å². The Bertz CT molecular complexity index is 816. The van der Waals surface area contributed by atoms with Crippen molar-refractivity contribution in [3.63, 3.8) is 0 Å². The van der Waals surface area contributed by atoms with Crippen molar-refractivity contribution in [1.82, 2.24) is 19.9 Å². The fraction of sp³-hybridized carbons (Fsp3) is 0.474. The van der Waals surface area contributed by atoms with Crippen molar-refractivity contribution in [1.29, 1.82) is 0 Å². The molecule has 1 atom stereocenters. The minimum atomic E-state index is -0.136. The molecule has 0 amide bonds. The summed E-state index contributed by atoms with van der Waals surface area (Å²) in [5.41, 5.74) is 6.66. The van der Waals surface area contributed by atoms with Gasteiger partial charge >= 0.3 is 5.97 Å². The highest BCUT2D eigenvalue weighted by atomic mass is 16.5. The van der Waals surface area contributed by atoms with Crippen LogP contribution in [-0.4, -0.2) is 52.6 Å². The van der Waals surface area contributed by atoms with Crippen LogP contribution in [0.5, 0.6) is 5.75 Å². The number of benzene rings is 1. The number of esters is 1. The molecule has 28 heavy (non-hydrogen) atoms. The number of nitrogens with one attached hydrogen (secondary N) is 1. The highest BCUT2D eigenvalue weighted by molar-refractivity contribution is 5.72. The van der Waals surface area contributed by atoms with E-state index in [0.29, 0.717) is 31.5 Å². The van der Waals surface area contributed by atoms with Crippen molar-refractivity contribution >= 4 is 23.6 Å². The first-order valence-electron chi connectivity index (χ1n) is 9.38. The number of likely N-dealkylation sites (tertiary alicyclic amines) is 1. The molecule has 0 aliphatic carbocycles. The summed E-state index contributed by atoms with van der Waals surface area (Å²) in [6, 6.07) is 7.45. The number of nitrogens with zero attached hydrogens (tertiary/aromatic N) is 4. The van der Waals surface area contributed by atoms with Crippen molar-refractivity contribution in [2.45, 2.75) is 26.3 Å². The lowest BCUT2D eigenvalue weighted by Gasteiger charge is -2.30. The molecule has 150 valence electrons. The summed E-state index contributed by atoms with van der Waals surface area (Å²) >= 11 is 0. The SMILES string of the molecule is CCOC(=O)[C@@H]1CCCN(Cc2nc(N)nc(Nc3cccc(OC)c3)n2)C1. The smallest absolute Gasteiger partial charge is 0.310 e. The second-order valence-electron chi connectivity index (χ2n) is 6.62. The first kappa shape index (κ1) is 19.8. The number of carbonyl (C=O) groups is 1. The summed E-state index contributed by atoms with van der Waals surface area (Å²) in [6.45, 7) is 4.22. The normalized spacial score (nSPS) is 17.1. The highest BCUT2D eigenvalue weighted by Crippen LogP contribution is 2.21. The maximum absolute atomic E-state index is 12.0. The third kappa shape index (κ3) is 5.29. The Balaban J connectivity index is 1.68. The van der Waals surface area contributed by atoms with E-state index in [4.69, 9.17) is 15.2 Å². The molecule has 0 unspecified atom stereocenters. The lowest BCUT2D eigenvalue weighted by Crippen LogP contribution is -2.39. The van der Waals surface area contributed by atoms with Crippen LogP contribution in [-0.2, 0) is 16.1 Å². The first-order chi connectivity index (χ1) is 13.6. The van der Waals surface area contributed by atoms with Gasteiger partial charge in [-0.25, -0.2) is 0 Å². The molecule has 1 saturated heterocycles. The zero-order chi connectivity index (χ0) is 19.9. The second-order valence-corrected chi connectivity index (χ2v) is 6.62. The third-order valence-corrected chi connectivity index (χ3v) is 4.52. The number of carbonyl (C=O) groups excluding carboxylic acids is 1. The van der Waals surface area contributed by atoms with E-state index < -0.39 is 0 Å². The highest BCUT2D eigenvalue weighted by Gasteiger charge is 2.27. The van der Waals surface area contributed by atoms with Gasteiger partial charge in [0.05, 0.1) is 26.2 Å². The topological polar surface area (TPSA) is 115 Å². The average molecular weight is 386 g/mol. The predicted molar refractivity (Wildman–Crippen MR) is 105 cm³/mol.